The Kier molecular flexibility index (Phi) is 2.52. The lowest BCUT2D eigenvalue weighted by atomic mass is 9.89. The highest BCUT2D eigenvalue weighted by atomic mass is 16.2. The van der Waals surface area contributed by atoms with Crippen LogP contribution < -0.4 is 16.8 Å². The van der Waals surface area contributed by atoms with Crippen molar-refractivity contribution in [2.45, 2.75) is 0 Å². The molecule has 3 rings (SSSR count). The first kappa shape index (κ1) is 12.8. The Balaban J connectivity index is 2.65. The van der Waals surface area contributed by atoms with Gasteiger partial charge >= 0.3 is 0 Å². The molecule has 0 aliphatic carbocycles. The van der Waals surface area contributed by atoms with Crippen molar-refractivity contribution >= 4 is 34.4 Å². The Bertz CT molecular complexity index is 870. The van der Waals surface area contributed by atoms with Crippen molar-refractivity contribution in [2.75, 3.05) is 0 Å². The molecule has 1 aliphatic rings. The molecule has 0 atom stereocenters. The lowest BCUT2D eigenvalue weighted by Crippen LogP contribution is -2.25. The molecule has 0 fully saturated rings. The monoisotopic (exact) mass is 283 g/mol. The van der Waals surface area contributed by atoms with Crippen LogP contribution in [0.15, 0.2) is 24.3 Å². The minimum Gasteiger partial charge on any atom is -0.366 e. The lowest BCUT2D eigenvalue weighted by Gasteiger charge is -2.12. The second-order valence-corrected chi connectivity index (χ2v) is 4.56. The van der Waals surface area contributed by atoms with Crippen LogP contribution in [0.4, 0.5) is 0 Å². The molecule has 4 amide bonds. The average Bonchev–Trinajstić information content (AvgIpc) is 2.72. The first-order valence-electron chi connectivity index (χ1n) is 5.97. The molecular weight excluding hydrogens is 274 g/mol. The van der Waals surface area contributed by atoms with E-state index in [-0.39, 0.29) is 22.3 Å². The van der Waals surface area contributed by atoms with Gasteiger partial charge in [0.25, 0.3) is 11.8 Å². The SMILES string of the molecule is NC(=O)c1c2c(c3ccccc3c1C(N)=O)C(=O)NC2=O. The predicted octanol–water partition coefficient (Wildman–Crippen LogP) is -0.0788. The molecule has 5 N–H and O–H groups in total. The van der Waals surface area contributed by atoms with Crippen LogP contribution in [0.2, 0.25) is 0 Å². The van der Waals surface area contributed by atoms with E-state index >= 15 is 0 Å². The third kappa shape index (κ3) is 1.61. The minimum atomic E-state index is -0.990. The Morgan fingerprint density at radius 2 is 1.33 bits per heavy atom. The van der Waals surface area contributed by atoms with E-state index in [2.05, 4.69) is 5.32 Å². The van der Waals surface area contributed by atoms with Crippen molar-refractivity contribution in [3.05, 3.63) is 46.5 Å². The van der Waals surface area contributed by atoms with Gasteiger partial charge in [-0.25, -0.2) is 0 Å². The summed E-state index contributed by atoms with van der Waals surface area (Å²) in [7, 11) is 0. The van der Waals surface area contributed by atoms with Gasteiger partial charge in [0.1, 0.15) is 0 Å². The van der Waals surface area contributed by atoms with Gasteiger partial charge in [-0.3, -0.25) is 24.5 Å². The summed E-state index contributed by atoms with van der Waals surface area (Å²) in [4.78, 5) is 47.3. The zero-order chi connectivity index (χ0) is 15.3. The minimum absolute atomic E-state index is 0.0365. The summed E-state index contributed by atoms with van der Waals surface area (Å²) in [5.74, 6) is -3.28. The van der Waals surface area contributed by atoms with Crippen LogP contribution in [0.25, 0.3) is 10.8 Å². The first-order chi connectivity index (χ1) is 9.93. The highest BCUT2D eigenvalue weighted by Gasteiger charge is 2.36. The van der Waals surface area contributed by atoms with E-state index in [9.17, 15) is 19.2 Å². The van der Waals surface area contributed by atoms with Crippen molar-refractivity contribution < 1.29 is 19.2 Å². The van der Waals surface area contributed by atoms with Crippen LogP contribution >= 0.6 is 0 Å². The molecule has 104 valence electrons. The van der Waals surface area contributed by atoms with E-state index in [1.165, 1.54) is 6.07 Å². The predicted molar refractivity (Wildman–Crippen MR) is 72.8 cm³/mol. The molecule has 0 aromatic heterocycles. The molecule has 0 saturated heterocycles. The number of hydrogen-bond acceptors (Lipinski definition) is 4. The number of hydrogen-bond donors (Lipinski definition) is 3. The zero-order valence-corrected chi connectivity index (χ0v) is 10.6. The molecule has 7 nitrogen and oxygen atoms in total. The van der Waals surface area contributed by atoms with Gasteiger partial charge in [-0.2, -0.15) is 0 Å². The standard InChI is InChI=1S/C14H9N3O4/c15-11(18)7-5-3-1-2-4-6(5)8-10(9(7)12(16)19)14(21)17-13(8)20/h1-4H,(H2,15,18)(H2,16,19)(H,17,20,21). The molecule has 2 aromatic rings. The molecule has 1 aliphatic heterocycles. The first-order valence-corrected chi connectivity index (χ1v) is 5.97. The average molecular weight is 283 g/mol. The topological polar surface area (TPSA) is 132 Å². The van der Waals surface area contributed by atoms with Crippen molar-refractivity contribution in [1.82, 2.24) is 5.32 Å². The Morgan fingerprint density at radius 1 is 0.810 bits per heavy atom. The van der Waals surface area contributed by atoms with E-state index in [1.807, 2.05) is 0 Å². The van der Waals surface area contributed by atoms with Gasteiger partial charge in [0.2, 0.25) is 11.8 Å². The molecule has 0 radical (unpaired) electrons. The summed E-state index contributed by atoms with van der Waals surface area (Å²) in [5, 5.41) is 2.78. The van der Waals surface area contributed by atoms with Gasteiger partial charge in [0, 0.05) is 0 Å². The number of amides is 4. The largest absolute Gasteiger partial charge is 0.366 e. The molecule has 0 saturated carbocycles. The maximum Gasteiger partial charge on any atom is 0.259 e. The molecule has 0 unspecified atom stereocenters. The third-order valence-corrected chi connectivity index (χ3v) is 3.39. The summed E-state index contributed by atoms with van der Waals surface area (Å²) in [6, 6.07) is 6.38. The van der Waals surface area contributed by atoms with E-state index in [4.69, 9.17) is 11.5 Å². The number of fused-ring (bicyclic) bond motifs is 3. The van der Waals surface area contributed by atoms with Gasteiger partial charge in [-0.05, 0) is 10.8 Å². The second-order valence-electron chi connectivity index (χ2n) is 4.56. The number of primary amides is 2. The number of rotatable bonds is 2. The maximum absolute atomic E-state index is 11.9. The number of nitrogens with two attached hydrogens (primary N) is 2. The number of imide groups is 1. The van der Waals surface area contributed by atoms with E-state index < -0.39 is 23.6 Å². The number of benzene rings is 2. The fourth-order valence-corrected chi connectivity index (χ4v) is 2.63. The summed E-state index contributed by atoms with van der Waals surface area (Å²) in [5.41, 5.74) is 9.99. The highest BCUT2D eigenvalue weighted by molar-refractivity contribution is 6.32. The van der Waals surface area contributed by atoms with E-state index in [0.29, 0.717) is 10.8 Å². The molecular formula is C14H9N3O4. The maximum atomic E-state index is 11.9. The molecule has 21 heavy (non-hydrogen) atoms. The van der Waals surface area contributed by atoms with Crippen molar-refractivity contribution in [3.63, 3.8) is 0 Å². The number of carbonyl (C=O) groups excluding carboxylic acids is 4. The quantitative estimate of drug-likeness (QED) is 0.665. The molecule has 0 bridgehead atoms. The van der Waals surface area contributed by atoms with E-state index in [1.54, 1.807) is 18.2 Å². The van der Waals surface area contributed by atoms with Crippen molar-refractivity contribution in [3.8, 4) is 0 Å². The lowest BCUT2D eigenvalue weighted by molar-refractivity contribution is 0.0874. The Labute approximate surface area is 117 Å². The fourth-order valence-electron chi connectivity index (χ4n) is 2.63. The smallest absolute Gasteiger partial charge is 0.259 e. The summed E-state index contributed by atoms with van der Waals surface area (Å²) in [6.45, 7) is 0. The second kappa shape index (κ2) is 4.14. The molecule has 7 heteroatoms. The fraction of sp³-hybridized carbons (Fsp3) is 0. The highest BCUT2D eigenvalue weighted by Crippen LogP contribution is 2.33. The third-order valence-electron chi connectivity index (χ3n) is 3.39. The van der Waals surface area contributed by atoms with Gasteiger partial charge < -0.3 is 11.5 Å². The summed E-state index contributed by atoms with van der Waals surface area (Å²) in [6.07, 6.45) is 0. The van der Waals surface area contributed by atoms with Crippen molar-refractivity contribution in [2.24, 2.45) is 11.5 Å². The van der Waals surface area contributed by atoms with Gasteiger partial charge in [0.05, 0.1) is 22.3 Å². The van der Waals surface area contributed by atoms with Crippen LogP contribution in [0.5, 0.6) is 0 Å². The Hall–Kier alpha value is -3.22. The normalized spacial score (nSPS) is 13.1. The van der Waals surface area contributed by atoms with Crippen LogP contribution in [0, 0.1) is 0 Å². The molecule has 0 spiro atoms. The van der Waals surface area contributed by atoms with Gasteiger partial charge in [-0.15, -0.1) is 0 Å². The van der Waals surface area contributed by atoms with Crippen LogP contribution in [0.3, 0.4) is 0 Å². The van der Waals surface area contributed by atoms with Crippen molar-refractivity contribution in [1.29, 1.82) is 0 Å². The van der Waals surface area contributed by atoms with Crippen LogP contribution in [0.1, 0.15) is 41.4 Å². The van der Waals surface area contributed by atoms with Gasteiger partial charge in [-0.1, -0.05) is 24.3 Å². The zero-order valence-electron chi connectivity index (χ0n) is 10.6. The summed E-state index contributed by atoms with van der Waals surface area (Å²) < 4.78 is 0. The van der Waals surface area contributed by atoms with E-state index in [0.717, 1.165) is 0 Å². The number of carbonyl (C=O) groups is 4. The van der Waals surface area contributed by atoms with Gasteiger partial charge in [0.15, 0.2) is 0 Å². The summed E-state index contributed by atoms with van der Waals surface area (Å²) >= 11 is 0. The molecule has 2 aromatic carbocycles. The van der Waals surface area contributed by atoms with Crippen LogP contribution in [-0.4, -0.2) is 23.6 Å². The number of nitrogens with one attached hydrogen (secondary N) is 1. The molecule has 1 heterocycles. The Morgan fingerprint density at radius 3 is 1.90 bits per heavy atom. The van der Waals surface area contributed by atoms with Crippen LogP contribution in [-0.2, 0) is 0 Å².